The van der Waals surface area contributed by atoms with Crippen LogP contribution in [0, 0.1) is 11.3 Å². The molecule has 0 bridgehead atoms. The van der Waals surface area contributed by atoms with E-state index in [0.29, 0.717) is 17.9 Å². The van der Waals surface area contributed by atoms with Gasteiger partial charge in [-0.3, -0.25) is 9.59 Å². The highest BCUT2D eigenvalue weighted by molar-refractivity contribution is 6.13. The number of ketones is 1. The molecule has 1 aliphatic heterocycles. The summed E-state index contributed by atoms with van der Waals surface area (Å²) in [7, 11) is 1.29. The van der Waals surface area contributed by atoms with Gasteiger partial charge in [0.1, 0.15) is 0 Å². The van der Waals surface area contributed by atoms with Crippen LogP contribution in [0.15, 0.2) is 12.2 Å². The number of Topliss-reactive ketones (excluding diaryl/α,β-unsaturated/α-hetero) is 1. The average molecular weight is 254 g/mol. The molecule has 1 rings (SSSR count). The molecule has 102 valence electrons. The molecule has 0 aromatic carbocycles. The third-order valence-corrected chi connectivity index (χ3v) is 3.56. The van der Waals surface area contributed by atoms with Crippen molar-refractivity contribution in [3.05, 3.63) is 12.2 Å². The molecule has 4 nitrogen and oxygen atoms in total. The van der Waals surface area contributed by atoms with Crippen LogP contribution in [-0.4, -0.2) is 31.1 Å². The Hall–Kier alpha value is -1.16. The first-order valence-electron chi connectivity index (χ1n) is 6.22. The van der Waals surface area contributed by atoms with Crippen LogP contribution in [0.1, 0.15) is 34.1 Å². The van der Waals surface area contributed by atoms with Crippen molar-refractivity contribution in [3.63, 3.8) is 0 Å². The van der Waals surface area contributed by atoms with Gasteiger partial charge in [0.15, 0.2) is 11.2 Å². The molecule has 0 amide bonds. The number of hydrogen-bond acceptors (Lipinski definition) is 4. The SMILES string of the molecule is C=C1C(=O)C(C)(C(=O)OC)C(CC(C)C)OC1C. The molecule has 0 aromatic rings. The van der Waals surface area contributed by atoms with Gasteiger partial charge >= 0.3 is 5.97 Å². The number of hydrogen-bond donors (Lipinski definition) is 0. The monoisotopic (exact) mass is 254 g/mol. The molecule has 18 heavy (non-hydrogen) atoms. The Morgan fingerprint density at radius 2 is 2.11 bits per heavy atom. The molecule has 0 N–H and O–H groups in total. The normalized spacial score (nSPS) is 32.8. The van der Waals surface area contributed by atoms with Gasteiger partial charge in [0.05, 0.1) is 19.3 Å². The summed E-state index contributed by atoms with van der Waals surface area (Å²) in [6.07, 6.45) is -0.175. The van der Waals surface area contributed by atoms with Gasteiger partial charge in [-0.1, -0.05) is 20.4 Å². The van der Waals surface area contributed by atoms with Crippen LogP contribution in [0.2, 0.25) is 0 Å². The van der Waals surface area contributed by atoms with E-state index >= 15 is 0 Å². The summed E-state index contributed by atoms with van der Waals surface area (Å²) in [5.41, 5.74) is -0.939. The van der Waals surface area contributed by atoms with Gasteiger partial charge in [0, 0.05) is 5.57 Å². The van der Waals surface area contributed by atoms with Crippen molar-refractivity contribution < 1.29 is 19.1 Å². The largest absolute Gasteiger partial charge is 0.468 e. The van der Waals surface area contributed by atoms with Gasteiger partial charge in [-0.15, -0.1) is 0 Å². The Kier molecular flexibility index (Phi) is 4.32. The first-order chi connectivity index (χ1) is 8.25. The summed E-state index contributed by atoms with van der Waals surface area (Å²) >= 11 is 0. The van der Waals surface area contributed by atoms with E-state index in [1.807, 2.05) is 13.8 Å². The molecular weight excluding hydrogens is 232 g/mol. The van der Waals surface area contributed by atoms with Gasteiger partial charge in [-0.25, -0.2) is 0 Å². The average Bonchev–Trinajstić information content (AvgIpc) is 2.31. The second-order valence-corrected chi connectivity index (χ2v) is 5.44. The quantitative estimate of drug-likeness (QED) is 0.440. The lowest BCUT2D eigenvalue weighted by Crippen LogP contribution is -2.55. The standard InChI is InChI=1S/C14H22O4/c1-8(2)7-11-14(5,13(16)17-6)12(15)9(3)10(4)18-11/h8,10-11H,3,7H2,1-2,4-6H3. The third kappa shape index (κ3) is 2.34. The van der Waals surface area contributed by atoms with Gasteiger partial charge in [-0.05, 0) is 26.2 Å². The van der Waals surface area contributed by atoms with Crippen molar-refractivity contribution >= 4 is 11.8 Å². The summed E-state index contributed by atoms with van der Waals surface area (Å²) in [5, 5.41) is 0. The molecule has 0 radical (unpaired) electrons. The fourth-order valence-electron chi connectivity index (χ4n) is 2.28. The molecule has 4 heteroatoms. The summed E-state index contributed by atoms with van der Waals surface area (Å²) in [5.74, 6) is -0.490. The maximum absolute atomic E-state index is 12.4. The van der Waals surface area contributed by atoms with E-state index in [4.69, 9.17) is 9.47 Å². The Morgan fingerprint density at radius 1 is 1.56 bits per heavy atom. The topological polar surface area (TPSA) is 52.6 Å². The number of esters is 1. The van der Waals surface area contributed by atoms with E-state index in [1.54, 1.807) is 13.8 Å². The summed E-state index contributed by atoms with van der Waals surface area (Å²) in [4.78, 5) is 24.3. The minimum Gasteiger partial charge on any atom is -0.468 e. The Labute approximate surface area is 108 Å². The molecule has 1 saturated heterocycles. The van der Waals surface area contributed by atoms with Crippen LogP contribution in [0.5, 0.6) is 0 Å². The zero-order valence-corrected chi connectivity index (χ0v) is 11.8. The van der Waals surface area contributed by atoms with Crippen molar-refractivity contribution in [3.8, 4) is 0 Å². The minimum atomic E-state index is -1.28. The number of carbonyl (C=O) groups is 2. The van der Waals surface area contributed by atoms with Gasteiger partial charge in [-0.2, -0.15) is 0 Å². The van der Waals surface area contributed by atoms with Crippen molar-refractivity contribution in [2.45, 2.75) is 46.3 Å². The zero-order chi connectivity index (χ0) is 14.1. The molecule has 1 heterocycles. The van der Waals surface area contributed by atoms with E-state index in [2.05, 4.69) is 6.58 Å². The second-order valence-electron chi connectivity index (χ2n) is 5.44. The fraction of sp³-hybridized carbons (Fsp3) is 0.714. The Balaban J connectivity index is 3.15. The number of ether oxygens (including phenoxy) is 2. The van der Waals surface area contributed by atoms with Crippen LogP contribution in [-0.2, 0) is 19.1 Å². The summed E-state index contributed by atoms with van der Waals surface area (Å²) < 4.78 is 10.6. The highest BCUT2D eigenvalue weighted by atomic mass is 16.5. The van der Waals surface area contributed by atoms with Crippen LogP contribution in [0.25, 0.3) is 0 Å². The first-order valence-corrected chi connectivity index (χ1v) is 6.22. The van der Waals surface area contributed by atoms with Crippen molar-refractivity contribution in [2.24, 2.45) is 11.3 Å². The van der Waals surface area contributed by atoms with E-state index in [1.165, 1.54) is 7.11 Å². The predicted molar refractivity (Wildman–Crippen MR) is 68.1 cm³/mol. The predicted octanol–water partition coefficient (Wildman–Crippen LogP) is 2.12. The Bertz CT molecular complexity index is 372. The van der Waals surface area contributed by atoms with E-state index < -0.39 is 17.5 Å². The number of methoxy groups -OCH3 is 1. The zero-order valence-electron chi connectivity index (χ0n) is 11.8. The van der Waals surface area contributed by atoms with E-state index in [-0.39, 0.29) is 11.9 Å². The molecule has 0 aromatic heterocycles. The van der Waals surface area contributed by atoms with Crippen LogP contribution in [0.3, 0.4) is 0 Å². The number of rotatable bonds is 3. The molecule has 3 unspecified atom stereocenters. The maximum atomic E-state index is 12.4. The van der Waals surface area contributed by atoms with Crippen molar-refractivity contribution in [1.82, 2.24) is 0 Å². The molecule has 0 saturated carbocycles. The molecular formula is C14H22O4. The smallest absolute Gasteiger partial charge is 0.322 e. The van der Waals surface area contributed by atoms with E-state index in [0.717, 1.165) is 0 Å². The van der Waals surface area contributed by atoms with Crippen molar-refractivity contribution in [2.75, 3.05) is 7.11 Å². The molecule has 3 atom stereocenters. The van der Waals surface area contributed by atoms with Gasteiger partial charge in [0.2, 0.25) is 0 Å². The van der Waals surface area contributed by atoms with Crippen LogP contribution < -0.4 is 0 Å². The fourth-order valence-corrected chi connectivity index (χ4v) is 2.28. The minimum absolute atomic E-state index is 0.265. The van der Waals surface area contributed by atoms with Crippen LogP contribution in [0.4, 0.5) is 0 Å². The molecule has 1 aliphatic rings. The molecule has 1 fully saturated rings. The lowest BCUT2D eigenvalue weighted by molar-refractivity contribution is -0.175. The van der Waals surface area contributed by atoms with Gasteiger partial charge in [0.25, 0.3) is 0 Å². The highest BCUT2D eigenvalue weighted by Crippen LogP contribution is 2.39. The lowest BCUT2D eigenvalue weighted by Gasteiger charge is -2.41. The lowest BCUT2D eigenvalue weighted by atomic mass is 9.72. The number of carbonyl (C=O) groups excluding carboxylic acids is 2. The van der Waals surface area contributed by atoms with Gasteiger partial charge < -0.3 is 9.47 Å². The third-order valence-electron chi connectivity index (χ3n) is 3.56. The van der Waals surface area contributed by atoms with Crippen LogP contribution >= 0.6 is 0 Å². The van der Waals surface area contributed by atoms with E-state index in [9.17, 15) is 9.59 Å². The second kappa shape index (κ2) is 5.22. The highest BCUT2D eigenvalue weighted by Gasteiger charge is 2.54. The molecule has 0 aliphatic carbocycles. The maximum Gasteiger partial charge on any atom is 0.322 e. The summed E-state index contributed by atoms with van der Waals surface area (Å²) in [6.45, 7) is 11.1. The Morgan fingerprint density at radius 3 is 2.56 bits per heavy atom. The summed E-state index contributed by atoms with van der Waals surface area (Å²) in [6, 6.07) is 0. The first kappa shape index (κ1) is 14.9. The van der Waals surface area contributed by atoms with Crippen molar-refractivity contribution in [1.29, 1.82) is 0 Å². The molecule has 0 spiro atoms.